The second-order valence-corrected chi connectivity index (χ2v) is 8.07. The summed E-state index contributed by atoms with van der Waals surface area (Å²) in [5.41, 5.74) is 1.50. The first kappa shape index (κ1) is 19.6. The average Bonchev–Trinajstić information content (AvgIpc) is 2.75. The van der Waals surface area contributed by atoms with Crippen LogP contribution in [0.25, 0.3) is 0 Å². The van der Waals surface area contributed by atoms with Crippen molar-refractivity contribution in [1.82, 2.24) is 4.98 Å². The van der Waals surface area contributed by atoms with Gasteiger partial charge in [0.05, 0.1) is 22.5 Å². The Morgan fingerprint density at radius 2 is 1.68 bits per heavy atom. The summed E-state index contributed by atoms with van der Waals surface area (Å²) in [6.45, 7) is 2.29. The van der Waals surface area contributed by atoms with Crippen LogP contribution in [0.4, 0.5) is 11.4 Å². The summed E-state index contributed by atoms with van der Waals surface area (Å²) in [5.74, 6) is -0.282. The smallest absolute Gasteiger partial charge is 0.264 e. The summed E-state index contributed by atoms with van der Waals surface area (Å²) in [5, 5.41) is 0. The molecule has 144 valence electrons. The molecule has 0 N–H and O–H groups in total. The van der Waals surface area contributed by atoms with Gasteiger partial charge in [-0.05, 0) is 49.4 Å². The SMILES string of the molecule is CCN(C(=O)c1cccc(S(=O)(=O)N(C)c2ccccc2)c1)c1cccnc1. The third-order valence-electron chi connectivity index (χ3n) is 4.38. The number of carbonyl (C=O) groups is 1. The molecule has 0 spiro atoms. The molecule has 0 bridgehead atoms. The van der Waals surface area contributed by atoms with E-state index in [1.54, 1.807) is 65.8 Å². The molecule has 0 aliphatic heterocycles. The Bertz CT molecular complexity index is 1050. The predicted molar refractivity (Wildman–Crippen MR) is 110 cm³/mol. The van der Waals surface area contributed by atoms with Crippen molar-refractivity contribution < 1.29 is 13.2 Å². The minimum atomic E-state index is -3.79. The molecule has 1 amide bonds. The zero-order valence-corrected chi connectivity index (χ0v) is 16.5. The third-order valence-corrected chi connectivity index (χ3v) is 6.16. The number of hydrogen-bond donors (Lipinski definition) is 0. The lowest BCUT2D eigenvalue weighted by atomic mass is 10.2. The second-order valence-electron chi connectivity index (χ2n) is 6.10. The standard InChI is InChI=1S/C21H21N3O3S/c1-3-24(19-12-8-14-22-16-19)21(25)17-9-7-13-20(15-17)28(26,27)23(2)18-10-5-4-6-11-18/h4-16H,3H2,1-2H3. The van der Waals surface area contributed by atoms with Crippen molar-refractivity contribution in [1.29, 1.82) is 0 Å². The fraction of sp³-hybridized carbons (Fsp3) is 0.143. The van der Waals surface area contributed by atoms with Crippen molar-refractivity contribution in [2.75, 3.05) is 22.8 Å². The van der Waals surface area contributed by atoms with Gasteiger partial charge in [0.25, 0.3) is 15.9 Å². The Morgan fingerprint density at radius 3 is 2.32 bits per heavy atom. The summed E-state index contributed by atoms with van der Waals surface area (Å²) in [6, 6.07) is 18.4. The average molecular weight is 395 g/mol. The highest BCUT2D eigenvalue weighted by atomic mass is 32.2. The minimum absolute atomic E-state index is 0.0620. The third kappa shape index (κ3) is 3.89. The van der Waals surface area contributed by atoms with Crippen LogP contribution in [0.2, 0.25) is 0 Å². The molecule has 0 atom stereocenters. The summed E-state index contributed by atoms with van der Waals surface area (Å²) in [7, 11) is -2.30. The summed E-state index contributed by atoms with van der Waals surface area (Å²) in [4.78, 5) is 18.6. The number of aromatic nitrogens is 1. The van der Waals surface area contributed by atoms with E-state index in [1.165, 1.54) is 23.5 Å². The number of hydrogen-bond acceptors (Lipinski definition) is 4. The Labute approximate surface area is 165 Å². The molecule has 3 rings (SSSR count). The van der Waals surface area contributed by atoms with Gasteiger partial charge in [-0.1, -0.05) is 24.3 Å². The van der Waals surface area contributed by atoms with Crippen LogP contribution in [0.3, 0.4) is 0 Å². The van der Waals surface area contributed by atoms with Crippen molar-refractivity contribution in [2.24, 2.45) is 0 Å². The number of rotatable bonds is 6. The fourth-order valence-electron chi connectivity index (χ4n) is 2.84. The highest BCUT2D eigenvalue weighted by Gasteiger charge is 2.24. The molecule has 7 heteroatoms. The molecular formula is C21H21N3O3S. The van der Waals surface area contributed by atoms with E-state index in [4.69, 9.17) is 0 Å². The van der Waals surface area contributed by atoms with Crippen molar-refractivity contribution in [2.45, 2.75) is 11.8 Å². The van der Waals surface area contributed by atoms with Gasteiger partial charge in [-0.15, -0.1) is 0 Å². The molecule has 0 unspecified atom stereocenters. The molecule has 0 radical (unpaired) electrons. The maximum Gasteiger partial charge on any atom is 0.264 e. The summed E-state index contributed by atoms with van der Waals surface area (Å²) < 4.78 is 27.2. The number of carbonyl (C=O) groups excluding carboxylic acids is 1. The molecule has 1 heterocycles. The van der Waals surface area contributed by atoms with Gasteiger partial charge >= 0.3 is 0 Å². The van der Waals surface area contributed by atoms with Gasteiger partial charge in [0.1, 0.15) is 0 Å². The van der Waals surface area contributed by atoms with E-state index in [0.717, 1.165) is 0 Å². The zero-order valence-electron chi connectivity index (χ0n) is 15.7. The lowest BCUT2D eigenvalue weighted by Crippen LogP contribution is -2.31. The van der Waals surface area contributed by atoms with E-state index in [1.807, 2.05) is 13.0 Å². The zero-order chi connectivity index (χ0) is 20.1. The maximum absolute atomic E-state index is 13.0. The Balaban J connectivity index is 1.94. The Hall–Kier alpha value is -3.19. The number of benzene rings is 2. The number of para-hydroxylation sites is 1. The van der Waals surface area contributed by atoms with Crippen LogP contribution >= 0.6 is 0 Å². The normalized spacial score (nSPS) is 11.1. The van der Waals surface area contributed by atoms with Gasteiger partial charge in [0.15, 0.2) is 0 Å². The van der Waals surface area contributed by atoms with Gasteiger partial charge in [-0.25, -0.2) is 8.42 Å². The van der Waals surface area contributed by atoms with Crippen molar-refractivity contribution in [3.05, 3.63) is 84.7 Å². The second kappa shape index (κ2) is 8.22. The number of pyridine rings is 1. The number of nitrogens with zero attached hydrogens (tertiary/aromatic N) is 3. The highest BCUT2D eigenvalue weighted by Crippen LogP contribution is 2.23. The van der Waals surface area contributed by atoms with E-state index in [-0.39, 0.29) is 10.8 Å². The quantitative estimate of drug-likeness (QED) is 0.640. The molecule has 3 aromatic rings. The molecule has 28 heavy (non-hydrogen) atoms. The number of amides is 1. The van der Waals surface area contributed by atoms with Gasteiger partial charge in [0, 0.05) is 25.4 Å². The van der Waals surface area contributed by atoms with Crippen molar-refractivity contribution in [3.8, 4) is 0 Å². The molecule has 2 aromatic carbocycles. The van der Waals surface area contributed by atoms with Crippen LogP contribution in [-0.2, 0) is 10.0 Å². The predicted octanol–water partition coefficient (Wildman–Crippen LogP) is 3.57. The van der Waals surface area contributed by atoms with Crippen LogP contribution in [0.15, 0.2) is 84.0 Å². The summed E-state index contributed by atoms with van der Waals surface area (Å²) >= 11 is 0. The molecule has 0 aliphatic rings. The van der Waals surface area contributed by atoms with E-state index in [0.29, 0.717) is 23.5 Å². The Morgan fingerprint density at radius 1 is 0.964 bits per heavy atom. The Kier molecular flexibility index (Phi) is 5.75. The van der Waals surface area contributed by atoms with Crippen LogP contribution in [0.5, 0.6) is 0 Å². The largest absolute Gasteiger partial charge is 0.307 e. The topological polar surface area (TPSA) is 70.6 Å². The van der Waals surface area contributed by atoms with Gasteiger partial charge in [-0.3, -0.25) is 14.1 Å². The molecule has 0 fully saturated rings. The van der Waals surface area contributed by atoms with Crippen molar-refractivity contribution in [3.63, 3.8) is 0 Å². The van der Waals surface area contributed by atoms with E-state index in [2.05, 4.69) is 4.98 Å². The van der Waals surface area contributed by atoms with Crippen LogP contribution in [0.1, 0.15) is 17.3 Å². The lowest BCUT2D eigenvalue weighted by Gasteiger charge is -2.22. The first-order chi connectivity index (χ1) is 13.4. The number of sulfonamides is 1. The molecule has 0 saturated heterocycles. The maximum atomic E-state index is 13.0. The minimum Gasteiger partial charge on any atom is -0.307 e. The molecule has 6 nitrogen and oxygen atoms in total. The van der Waals surface area contributed by atoms with Crippen LogP contribution in [0, 0.1) is 0 Å². The lowest BCUT2D eigenvalue weighted by molar-refractivity contribution is 0.0988. The molecular weight excluding hydrogens is 374 g/mol. The van der Waals surface area contributed by atoms with E-state index >= 15 is 0 Å². The molecule has 0 saturated carbocycles. The highest BCUT2D eigenvalue weighted by molar-refractivity contribution is 7.92. The van der Waals surface area contributed by atoms with E-state index < -0.39 is 10.0 Å². The van der Waals surface area contributed by atoms with E-state index in [9.17, 15) is 13.2 Å². The van der Waals surface area contributed by atoms with Gasteiger partial charge in [0.2, 0.25) is 0 Å². The first-order valence-electron chi connectivity index (χ1n) is 8.81. The summed E-state index contributed by atoms with van der Waals surface area (Å²) in [6.07, 6.45) is 3.24. The first-order valence-corrected chi connectivity index (χ1v) is 10.2. The van der Waals surface area contributed by atoms with Crippen molar-refractivity contribution >= 4 is 27.3 Å². The molecule has 1 aromatic heterocycles. The van der Waals surface area contributed by atoms with Gasteiger partial charge < -0.3 is 4.90 Å². The molecule has 0 aliphatic carbocycles. The van der Waals surface area contributed by atoms with Crippen LogP contribution in [-0.4, -0.2) is 32.9 Å². The fourth-order valence-corrected chi connectivity index (χ4v) is 4.08. The van der Waals surface area contributed by atoms with Crippen LogP contribution < -0.4 is 9.21 Å². The monoisotopic (exact) mass is 395 g/mol. The number of anilines is 2. The van der Waals surface area contributed by atoms with Gasteiger partial charge in [-0.2, -0.15) is 0 Å².